The number of halogens is 4. The van der Waals surface area contributed by atoms with E-state index in [0.717, 1.165) is 0 Å². The molecule has 0 aromatic carbocycles. The number of aliphatic imine (C=N–C) groups is 1. The first-order chi connectivity index (χ1) is 9.98. The molecule has 1 rings (SSSR count). The quantitative estimate of drug-likeness (QED) is 0.288. The fraction of sp³-hybridized carbons (Fsp3) is 0.917. The second-order valence-corrected chi connectivity index (χ2v) is 8.38. The molecule has 138 valence electrons. The SMILES string of the molecule is CN=C(NCCOCC(F)(F)F)N1CCS(=O)(=O)C(C)(C)C1.I. The van der Waals surface area contributed by atoms with Crippen LogP contribution in [0.15, 0.2) is 4.99 Å². The Morgan fingerprint density at radius 3 is 2.48 bits per heavy atom. The molecule has 1 aliphatic heterocycles. The predicted octanol–water partition coefficient (Wildman–Crippen LogP) is 1.27. The van der Waals surface area contributed by atoms with Crippen LogP contribution in [-0.2, 0) is 14.6 Å². The average Bonchev–Trinajstić information content (AvgIpc) is 2.36. The second kappa shape index (κ2) is 8.70. The van der Waals surface area contributed by atoms with Gasteiger partial charge < -0.3 is 15.0 Å². The molecule has 1 aliphatic rings. The predicted molar refractivity (Wildman–Crippen MR) is 93.1 cm³/mol. The Bertz CT molecular complexity index is 509. The monoisotopic (exact) mass is 473 g/mol. The van der Waals surface area contributed by atoms with Gasteiger partial charge in [-0.2, -0.15) is 13.2 Å². The van der Waals surface area contributed by atoms with Crippen molar-refractivity contribution in [3.05, 3.63) is 0 Å². The maximum absolute atomic E-state index is 11.9. The van der Waals surface area contributed by atoms with Crippen LogP contribution in [0.2, 0.25) is 0 Å². The molecule has 0 atom stereocenters. The van der Waals surface area contributed by atoms with Crippen LogP contribution in [0, 0.1) is 0 Å². The van der Waals surface area contributed by atoms with Gasteiger partial charge in [-0.1, -0.05) is 0 Å². The molecule has 0 bridgehead atoms. The van der Waals surface area contributed by atoms with Gasteiger partial charge in [0.2, 0.25) is 0 Å². The Kier molecular flexibility index (Phi) is 8.58. The number of guanidine groups is 1. The normalized spacial score (nSPS) is 20.8. The number of hydrogen-bond donors (Lipinski definition) is 1. The number of ether oxygens (including phenoxy) is 1. The van der Waals surface area contributed by atoms with E-state index in [2.05, 4.69) is 15.0 Å². The van der Waals surface area contributed by atoms with Gasteiger partial charge in [0, 0.05) is 26.7 Å². The van der Waals surface area contributed by atoms with Crippen molar-refractivity contribution >= 4 is 39.8 Å². The summed E-state index contributed by atoms with van der Waals surface area (Å²) in [6.45, 7) is 2.62. The van der Waals surface area contributed by atoms with Crippen molar-refractivity contribution in [2.45, 2.75) is 24.8 Å². The minimum Gasteiger partial charge on any atom is -0.370 e. The van der Waals surface area contributed by atoms with Crippen molar-refractivity contribution in [3.8, 4) is 0 Å². The molecule has 0 aliphatic carbocycles. The van der Waals surface area contributed by atoms with Crippen LogP contribution in [0.3, 0.4) is 0 Å². The zero-order valence-corrected chi connectivity index (χ0v) is 16.5. The molecule has 0 spiro atoms. The summed E-state index contributed by atoms with van der Waals surface area (Å²) in [5.74, 6) is 0.476. The summed E-state index contributed by atoms with van der Waals surface area (Å²) in [6.07, 6.45) is -4.34. The van der Waals surface area contributed by atoms with Gasteiger partial charge in [-0.25, -0.2) is 8.42 Å². The molecule has 1 heterocycles. The highest BCUT2D eigenvalue weighted by molar-refractivity contribution is 14.0. The molecule has 0 unspecified atom stereocenters. The third-order valence-electron chi connectivity index (χ3n) is 3.35. The minimum absolute atomic E-state index is 0. The molecule has 0 aromatic heterocycles. The molecule has 1 saturated heterocycles. The molecular weight excluding hydrogens is 450 g/mol. The van der Waals surface area contributed by atoms with Gasteiger partial charge in [-0.15, -0.1) is 24.0 Å². The van der Waals surface area contributed by atoms with Crippen molar-refractivity contribution in [2.75, 3.05) is 45.6 Å². The van der Waals surface area contributed by atoms with Gasteiger partial charge in [-0.05, 0) is 13.8 Å². The van der Waals surface area contributed by atoms with E-state index in [4.69, 9.17) is 0 Å². The van der Waals surface area contributed by atoms with Gasteiger partial charge in [0.25, 0.3) is 0 Å². The summed E-state index contributed by atoms with van der Waals surface area (Å²) in [7, 11) is -1.62. The lowest BCUT2D eigenvalue weighted by Crippen LogP contribution is -2.57. The highest BCUT2D eigenvalue weighted by Crippen LogP contribution is 2.23. The van der Waals surface area contributed by atoms with Gasteiger partial charge in [0.1, 0.15) is 6.61 Å². The minimum atomic E-state index is -4.34. The first-order valence-electron chi connectivity index (χ1n) is 6.81. The standard InChI is InChI=1S/C12H22F3N3O3S.HI/c1-11(2)8-18(5-7-22(11,19)20)10(16-3)17-4-6-21-9-12(13,14)15;/h4-9H2,1-3H3,(H,16,17);1H. The van der Waals surface area contributed by atoms with E-state index < -0.39 is 27.4 Å². The fourth-order valence-corrected chi connectivity index (χ4v) is 3.45. The molecule has 6 nitrogen and oxygen atoms in total. The third kappa shape index (κ3) is 6.99. The number of nitrogens with one attached hydrogen (secondary N) is 1. The lowest BCUT2D eigenvalue weighted by molar-refractivity contribution is -0.173. The van der Waals surface area contributed by atoms with E-state index in [1.807, 2.05) is 0 Å². The summed E-state index contributed by atoms with van der Waals surface area (Å²) in [5.41, 5.74) is 0. The Hall–Kier alpha value is -0.300. The van der Waals surface area contributed by atoms with Gasteiger partial charge in [0.05, 0.1) is 17.1 Å². The van der Waals surface area contributed by atoms with E-state index in [-0.39, 0.29) is 49.4 Å². The van der Waals surface area contributed by atoms with Crippen LogP contribution in [0.1, 0.15) is 13.8 Å². The summed E-state index contributed by atoms with van der Waals surface area (Å²) in [6, 6.07) is 0. The number of hydrogen-bond acceptors (Lipinski definition) is 4. The molecule has 11 heteroatoms. The summed E-state index contributed by atoms with van der Waals surface area (Å²) >= 11 is 0. The average molecular weight is 473 g/mol. The summed E-state index contributed by atoms with van der Waals surface area (Å²) < 4.78 is 63.3. The van der Waals surface area contributed by atoms with Crippen LogP contribution < -0.4 is 5.32 Å². The Labute approximate surface area is 151 Å². The smallest absolute Gasteiger partial charge is 0.370 e. The van der Waals surface area contributed by atoms with Gasteiger partial charge in [0.15, 0.2) is 15.8 Å². The third-order valence-corrected chi connectivity index (χ3v) is 5.88. The summed E-state index contributed by atoms with van der Waals surface area (Å²) in [4.78, 5) is 5.81. The van der Waals surface area contributed by atoms with Crippen molar-refractivity contribution < 1.29 is 26.3 Å². The zero-order chi connectivity index (χ0) is 17.0. The van der Waals surface area contributed by atoms with Gasteiger partial charge in [-0.3, -0.25) is 4.99 Å². The molecule has 0 amide bonds. The van der Waals surface area contributed by atoms with Crippen molar-refractivity contribution in [1.29, 1.82) is 0 Å². The van der Waals surface area contributed by atoms with Crippen LogP contribution in [0.4, 0.5) is 13.2 Å². The number of alkyl halides is 3. The largest absolute Gasteiger partial charge is 0.411 e. The first kappa shape index (κ1) is 22.7. The van der Waals surface area contributed by atoms with E-state index in [1.54, 1.807) is 18.7 Å². The Balaban J connectivity index is 0.00000484. The maximum Gasteiger partial charge on any atom is 0.411 e. The van der Waals surface area contributed by atoms with Crippen LogP contribution in [-0.4, -0.2) is 75.8 Å². The lowest BCUT2D eigenvalue weighted by Gasteiger charge is -2.39. The molecule has 1 N–H and O–H groups in total. The first-order valence-corrected chi connectivity index (χ1v) is 8.46. The molecule has 23 heavy (non-hydrogen) atoms. The van der Waals surface area contributed by atoms with E-state index in [1.165, 1.54) is 7.05 Å². The fourth-order valence-electron chi connectivity index (χ4n) is 2.08. The molecule has 0 radical (unpaired) electrons. The zero-order valence-electron chi connectivity index (χ0n) is 13.3. The van der Waals surface area contributed by atoms with E-state index in [9.17, 15) is 21.6 Å². The molecule has 0 aromatic rings. The van der Waals surface area contributed by atoms with E-state index in [0.29, 0.717) is 12.5 Å². The van der Waals surface area contributed by atoms with Crippen molar-refractivity contribution in [3.63, 3.8) is 0 Å². The molecule has 1 fully saturated rings. The molecule has 0 saturated carbocycles. The number of nitrogens with zero attached hydrogens (tertiary/aromatic N) is 2. The van der Waals surface area contributed by atoms with Gasteiger partial charge >= 0.3 is 6.18 Å². The van der Waals surface area contributed by atoms with Crippen molar-refractivity contribution in [1.82, 2.24) is 10.2 Å². The Morgan fingerprint density at radius 1 is 1.39 bits per heavy atom. The number of sulfone groups is 1. The van der Waals surface area contributed by atoms with Crippen LogP contribution in [0.25, 0.3) is 0 Å². The molecular formula is C12H23F3IN3O3S. The second-order valence-electron chi connectivity index (χ2n) is 5.64. The van der Waals surface area contributed by atoms with Crippen LogP contribution in [0.5, 0.6) is 0 Å². The maximum atomic E-state index is 11.9. The highest BCUT2D eigenvalue weighted by atomic mass is 127. The summed E-state index contributed by atoms with van der Waals surface area (Å²) in [5, 5.41) is 2.88. The number of rotatable bonds is 4. The topological polar surface area (TPSA) is 71.0 Å². The van der Waals surface area contributed by atoms with Crippen LogP contribution >= 0.6 is 24.0 Å². The van der Waals surface area contributed by atoms with Crippen molar-refractivity contribution in [2.24, 2.45) is 4.99 Å². The van der Waals surface area contributed by atoms with E-state index >= 15 is 0 Å². The Morgan fingerprint density at radius 2 is 2.00 bits per heavy atom. The lowest BCUT2D eigenvalue weighted by atomic mass is 10.2. The highest BCUT2D eigenvalue weighted by Gasteiger charge is 2.40.